The number of carbonyl (C=O) groups is 1. The number of rotatable bonds is 5. The lowest BCUT2D eigenvalue weighted by Gasteiger charge is -2.38. The standard InChI is InChI=1S/C16H30N2O/c1-3-12-17-15(19)13(2)18-14-6-10-16(11-7-14)8-4-5-9-16/h13-14,18H,3-12H2,1-2H3,(H,17,19). The van der Waals surface area contributed by atoms with E-state index in [0.29, 0.717) is 11.5 Å². The fourth-order valence-corrected chi connectivity index (χ4v) is 3.85. The molecule has 0 saturated heterocycles. The molecule has 1 atom stereocenters. The van der Waals surface area contributed by atoms with Crippen LogP contribution in [0.4, 0.5) is 0 Å². The molecular formula is C16H30N2O. The second-order valence-corrected chi connectivity index (χ2v) is 6.66. The summed E-state index contributed by atoms with van der Waals surface area (Å²) in [5, 5.41) is 6.49. The highest BCUT2D eigenvalue weighted by atomic mass is 16.2. The quantitative estimate of drug-likeness (QED) is 0.803. The predicted octanol–water partition coefficient (Wildman–Crippen LogP) is 2.99. The molecule has 2 aliphatic rings. The zero-order chi connectivity index (χ0) is 13.7. The van der Waals surface area contributed by atoms with Crippen molar-refractivity contribution < 1.29 is 4.79 Å². The van der Waals surface area contributed by atoms with Crippen LogP contribution in [0.3, 0.4) is 0 Å². The molecule has 2 saturated carbocycles. The average Bonchev–Trinajstić information content (AvgIpc) is 2.87. The van der Waals surface area contributed by atoms with Crippen LogP contribution in [0.5, 0.6) is 0 Å². The Morgan fingerprint density at radius 3 is 2.42 bits per heavy atom. The van der Waals surface area contributed by atoms with Gasteiger partial charge in [0, 0.05) is 12.6 Å². The smallest absolute Gasteiger partial charge is 0.236 e. The van der Waals surface area contributed by atoms with Gasteiger partial charge in [-0.1, -0.05) is 19.8 Å². The van der Waals surface area contributed by atoms with Crippen molar-refractivity contribution in [3.8, 4) is 0 Å². The van der Waals surface area contributed by atoms with Gasteiger partial charge in [0.1, 0.15) is 0 Å². The van der Waals surface area contributed by atoms with Crippen LogP contribution in [0.1, 0.15) is 71.6 Å². The van der Waals surface area contributed by atoms with E-state index in [0.717, 1.165) is 13.0 Å². The molecule has 2 rings (SSSR count). The van der Waals surface area contributed by atoms with E-state index in [1.165, 1.54) is 51.4 Å². The van der Waals surface area contributed by atoms with Gasteiger partial charge < -0.3 is 10.6 Å². The summed E-state index contributed by atoms with van der Waals surface area (Å²) in [6.07, 6.45) is 12.0. The molecule has 19 heavy (non-hydrogen) atoms. The highest BCUT2D eigenvalue weighted by Gasteiger charge is 2.37. The van der Waals surface area contributed by atoms with E-state index < -0.39 is 0 Å². The molecule has 1 amide bonds. The molecule has 2 aliphatic carbocycles. The second-order valence-electron chi connectivity index (χ2n) is 6.66. The van der Waals surface area contributed by atoms with Gasteiger partial charge in [0.15, 0.2) is 0 Å². The second kappa shape index (κ2) is 6.74. The Bertz CT molecular complexity index is 287. The molecule has 3 heteroatoms. The van der Waals surface area contributed by atoms with Crippen LogP contribution in [0.15, 0.2) is 0 Å². The lowest BCUT2D eigenvalue weighted by molar-refractivity contribution is -0.123. The molecule has 0 aromatic rings. The summed E-state index contributed by atoms with van der Waals surface area (Å²) in [4.78, 5) is 11.9. The summed E-state index contributed by atoms with van der Waals surface area (Å²) in [5.41, 5.74) is 0.686. The topological polar surface area (TPSA) is 41.1 Å². The first-order valence-electron chi connectivity index (χ1n) is 8.19. The van der Waals surface area contributed by atoms with Gasteiger partial charge in [-0.3, -0.25) is 4.79 Å². The number of carbonyl (C=O) groups excluding carboxylic acids is 1. The van der Waals surface area contributed by atoms with Gasteiger partial charge in [-0.05, 0) is 57.3 Å². The van der Waals surface area contributed by atoms with E-state index in [2.05, 4.69) is 17.6 Å². The molecule has 0 aliphatic heterocycles. The van der Waals surface area contributed by atoms with Crippen LogP contribution >= 0.6 is 0 Å². The van der Waals surface area contributed by atoms with Crippen molar-refractivity contribution in [1.82, 2.24) is 10.6 Å². The SMILES string of the molecule is CCCNC(=O)C(C)NC1CCC2(CCCC2)CC1. The van der Waals surface area contributed by atoms with E-state index in [1.54, 1.807) is 0 Å². The Balaban J connectivity index is 1.71. The summed E-state index contributed by atoms with van der Waals surface area (Å²) in [5.74, 6) is 0.156. The Morgan fingerprint density at radius 2 is 1.84 bits per heavy atom. The monoisotopic (exact) mass is 266 g/mol. The van der Waals surface area contributed by atoms with E-state index >= 15 is 0 Å². The third-order valence-electron chi connectivity index (χ3n) is 5.14. The van der Waals surface area contributed by atoms with E-state index in [1.807, 2.05) is 6.92 Å². The fraction of sp³-hybridized carbons (Fsp3) is 0.938. The molecule has 0 radical (unpaired) electrons. The Hall–Kier alpha value is -0.570. The Morgan fingerprint density at radius 1 is 1.21 bits per heavy atom. The number of amides is 1. The van der Waals surface area contributed by atoms with Crippen molar-refractivity contribution in [1.29, 1.82) is 0 Å². The van der Waals surface area contributed by atoms with Crippen LogP contribution in [0.25, 0.3) is 0 Å². The summed E-state index contributed by atoms with van der Waals surface area (Å²) in [6, 6.07) is 0.503. The number of hydrogen-bond donors (Lipinski definition) is 2. The first kappa shape index (κ1) is 14.8. The molecular weight excluding hydrogens is 236 g/mol. The molecule has 1 unspecified atom stereocenters. The largest absolute Gasteiger partial charge is 0.355 e. The minimum atomic E-state index is -0.0471. The van der Waals surface area contributed by atoms with Crippen LogP contribution < -0.4 is 10.6 Å². The van der Waals surface area contributed by atoms with E-state index in [4.69, 9.17) is 0 Å². The molecule has 2 N–H and O–H groups in total. The van der Waals surface area contributed by atoms with Gasteiger partial charge in [0.25, 0.3) is 0 Å². The summed E-state index contributed by atoms with van der Waals surface area (Å²) < 4.78 is 0. The summed E-state index contributed by atoms with van der Waals surface area (Å²) in [6.45, 7) is 4.87. The third kappa shape index (κ3) is 3.95. The maximum atomic E-state index is 11.9. The van der Waals surface area contributed by atoms with Crippen molar-refractivity contribution in [2.75, 3.05) is 6.54 Å². The van der Waals surface area contributed by atoms with Crippen LogP contribution in [-0.4, -0.2) is 24.5 Å². The first-order valence-corrected chi connectivity index (χ1v) is 8.19. The van der Waals surface area contributed by atoms with Crippen molar-refractivity contribution in [3.05, 3.63) is 0 Å². The fourth-order valence-electron chi connectivity index (χ4n) is 3.85. The Kier molecular flexibility index (Phi) is 5.26. The minimum absolute atomic E-state index is 0.0471. The van der Waals surface area contributed by atoms with Gasteiger partial charge in [0.2, 0.25) is 5.91 Å². The molecule has 0 aromatic heterocycles. The van der Waals surface area contributed by atoms with Crippen LogP contribution in [-0.2, 0) is 4.79 Å². The minimum Gasteiger partial charge on any atom is -0.355 e. The lowest BCUT2D eigenvalue weighted by atomic mass is 9.71. The van der Waals surface area contributed by atoms with Crippen molar-refractivity contribution in [2.45, 2.75) is 83.7 Å². The van der Waals surface area contributed by atoms with Crippen LogP contribution in [0, 0.1) is 5.41 Å². The van der Waals surface area contributed by atoms with Gasteiger partial charge in [0.05, 0.1) is 6.04 Å². The molecule has 0 heterocycles. The lowest BCUT2D eigenvalue weighted by Crippen LogP contribution is -2.48. The molecule has 3 nitrogen and oxygen atoms in total. The van der Waals surface area contributed by atoms with Crippen molar-refractivity contribution >= 4 is 5.91 Å². The van der Waals surface area contributed by atoms with Gasteiger partial charge in [-0.2, -0.15) is 0 Å². The molecule has 2 fully saturated rings. The summed E-state index contributed by atoms with van der Waals surface area (Å²) >= 11 is 0. The third-order valence-corrected chi connectivity index (χ3v) is 5.14. The molecule has 0 bridgehead atoms. The van der Waals surface area contributed by atoms with Gasteiger partial charge in [-0.15, -0.1) is 0 Å². The van der Waals surface area contributed by atoms with E-state index in [9.17, 15) is 4.79 Å². The Labute approximate surface area is 117 Å². The van der Waals surface area contributed by atoms with Crippen LogP contribution in [0.2, 0.25) is 0 Å². The average molecular weight is 266 g/mol. The predicted molar refractivity (Wildman–Crippen MR) is 79.1 cm³/mol. The zero-order valence-corrected chi connectivity index (χ0v) is 12.6. The summed E-state index contributed by atoms with van der Waals surface area (Å²) in [7, 11) is 0. The number of hydrogen-bond acceptors (Lipinski definition) is 2. The van der Waals surface area contributed by atoms with Crippen molar-refractivity contribution in [2.24, 2.45) is 5.41 Å². The number of nitrogens with one attached hydrogen (secondary N) is 2. The highest BCUT2D eigenvalue weighted by Crippen LogP contribution is 2.48. The highest BCUT2D eigenvalue weighted by molar-refractivity contribution is 5.81. The van der Waals surface area contributed by atoms with Gasteiger partial charge >= 0.3 is 0 Å². The zero-order valence-electron chi connectivity index (χ0n) is 12.6. The van der Waals surface area contributed by atoms with E-state index in [-0.39, 0.29) is 11.9 Å². The molecule has 110 valence electrons. The maximum absolute atomic E-state index is 11.9. The molecule has 0 aromatic carbocycles. The molecule has 1 spiro atoms. The maximum Gasteiger partial charge on any atom is 0.236 e. The first-order chi connectivity index (χ1) is 9.15. The van der Waals surface area contributed by atoms with Crippen molar-refractivity contribution in [3.63, 3.8) is 0 Å². The normalized spacial score (nSPS) is 24.5. The van der Waals surface area contributed by atoms with Gasteiger partial charge in [-0.25, -0.2) is 0 Å².